The number of rotatable bonds is 8. The van der Waals surface area contributed by atoms with Gasteiger partial charge in [0, 0.05) is 21.9 Å². The number of anilines is 1. The van der Waals surface area contributed by atoms with Crippen molar-refractivity contribution in [1.29, 1.82) is 0 Å². The van der Waals surface area contributed by atoms with E-state index < -0.39 is 5.78 Å². The molecule has 1 unspecified atom stereocenters. The van der Waals surface area contributed by atoms with Gasteiger partial charge in [0.25, 0.3) is 0 Å². The van der Waals surface area contributed by atoms with E-state index in [0.717, 1.165) is 12.8 Å². The Labute approximate surface area is 180 Å². The van der Waals surface area contributed by atoms with Gasteiger partial charge in [0.2, 0.25) is 0 Å². The summed E-state index contributed by atoms with van der Waals surface area (Å²) in [7, 11) is 0. The molecule has 1 aliphatic rings. The zero-order valence-corrected chi connectivity index (χ0v) is 18.0. The monoisotopic (exact) mass is 423 g/mol. The topological polar surface area (TPSA) is 97.5 Å². The highest BCUT2D eigenvalue weighted by atomic mass is 32.2. The van der Waals surface area contributed by atoms with E-state index in [1.807, 2.05) is 6.92 Å². The van der Waals surface area contributed by atoms with Crippen molar-refractivity contribution in [3.63, 3.8) is 0 Å². The number of phenolic OH excluding ortho intramolecular Hbond substituents is 1. The largest absolute Gasteiger partial charge is 0.507 e. The van der Waals surface area contributed by atoms with Gasteiger partial charge in [-0.1, -0.05) is 44.2 Å². The van der Waals surface area contributed by atoms with Crippen LogP contribution in [-0.4, -0.2) is 28.2 Å². The Morgan fingerprint density at radius 2 is 1.73 bits per heavy atom. The third kappa shape index (κ3) is 3.92. The van der Waals surface area contributed by atoms with E-state index in [1.54, 1.807) is 31.2 Å². The fourth-order valence-corrected chi connectivity index (χ4v) is 4.88. The SMILES string of the molecule is C=C(C)C(=O)C(CCC)CCSc1cc(O)c2c(c1N)C(=O)c1ccccc1C2=O. The van der Waals surface area contributed by atoms with Gasteiger partial charge in [-0.2, -0.15) is 0 Å². The van der Waals surface area contributed by atoms with E-state index in [9.17, 15) is 19.5 Å². The van der Waals surface area contributed by atoms with Crippen LogP contribution in [-0.2, 0) is 4.79 Å². The number of nitrogens with two attached hydrogens (primary N) is 1. The van der Waals surface area contributed by atoms with Gasteiger partial charge < -0.3 is 10.8 Å². The summed E-state index contributed by atoms with van der Waals surface area (Å²) >= 11 is 1.37. The molecule has 0 saturated heterocycles. The molecule has 0 bridgehead atoms. The van der Waals surface area contributed by atoms with Gasteiger partial charge in [-0.25, -0.2) is 0 Å². The predicted molar refractivity (Wildman–Crippen MR) is 119 cm³/mol. The zero-order valence-electron chi connectivity index (χ0n) is 17.2. The van der Waals surface area contributed by atoms with Gasteiger partial charge in [-0.3, -0.25) is 14.4 Å². The lowest BCUT2D eigenvalue weighted by Gasteiger charge is -2.22. The highest BCUT2D eigenvalue weighted by Crippen LogP contribution is 2.41. The molecule has 2 aromatic carbocycles. The molecule has 156 valence electrons. The van der Waals surface area contributed by atoms with E-state index in [0.29, 0.717) is 28.2 Å². The lowest BCUT2D eigenvalue weighted by molar-refractivity contribution is -0.119. The first-order valence-corrected chi connectivity index (χ1v) is 10.9. The first-order chi connectivity index (χ1) is 14.3. The maximum absolute atomic E-state index is 13.0. The van der Waals surface area contributed by atoms with Gasteiger partial charge in [0.1, 0.15) is 5.75 Å². The zero-order chi connectivity index (χ0) is 22.0. The average Bonchev–Trinajstić information content (AvgIpc) is 2.72. The molecule has 6 heteroatoms. The molecule has 0 spiro atoms. The minimum Gasteiger partial charge on any atom is -0.507 e. The van der Waals surface area contributed by atoms with Crippen LogP contribution in [0.15, 0.2) is 47.4 Å². The summed E-state index contributed by atoms with van der Waals surface area (Å²) in [6.45, 7) is 7.51. The normalized spacial score (nSPS) is 13.5. The average molecular weight is 424 g/mol. The summed E-state index contributed by atoms with van der Waals surface area (Å²) in [5, 5.41) is 10.5. The number of benzene rings is 2. The lowest BCUT2D eigenvalue weighted by atomic mass is 9.83. The maximum atomic E-state index is 13.0. The number of ketones is 3. The third-order valence-electron chi connectivity index (χ3n) is 5.33. The Hall–Kier alpha value is -2.86. The number of aromatic hydroxyl groups is 1. The van der Waals surface area contributed by atoms with Gasteiger partial charge >= 0.3 is 0 Å². The minimum absolute atomic E-state index is 0.0399. The summed E-state index contributed by atoms with van der Waals surface area (Å²) in [4.78, 5) is 38.7. The molecule has 2 aromatic rings. The van der Waals surface area contributed by atoms with Crippen LogP contribution in [0.2, 0.25) is 0 Å². The van der Waals surface area contributed by atoms with Crippen molar-refractivity contribution < 1.29 is 19.5 Å². The van der Waals surface area contributed by atoms with Crippen molar-refractivity contribution in [1.82, 2.24) is 0 Å². The molecule has 3 N–H and O–H groups in total. The maximum Gasteiger partial charge on any atom is 0.198 e. The number of hydrogen-bond donors (Lipinski definition) is 2. The molecule has 0 radical (unpaired) electrons. The number of carbonyl (C=O) groups is 3. The molecule has 0 heterocycles. The number of thioether (sulfide) groups is 1. The lowest BCUT2D eigenvalue weighted by Crippen LogP contribution is -2.23. The highest BCUT2D eigenvalue weighted by Gasteiger charge is 2.34. The Morgan fingerprint density at radius 3 is 2.30 bits per heavy atom. The van der Waals surface area contributed by atoms with Crippen molar-refractivity contribution in [2.75, 3.05) is 11.5 Å². The number of phenols is 1. The Morgan fingerprint density at radius 1 is 1.13 bits per heavy atom. The molecule has 0 fully saturated rings. The highest BCUT2D eigenvalue weighted by molar-refractivity contribution is 7.99. The summed E-state index contributed by atoms with van der Waals surface area (Å²) < 4.78 is 0. The number of fused-ring (bicyclic) bond motifs is 2. The first kappa shape index (κ1) is 21.8. The van der Waals surface area contributed by atoms with Crippen LogP contribution in [0.3, 0.4) is 0 Å². The fourth-order valence-electron chi connectivity index (χ4n) is 3.81. The van der Waals surface area contributed by atoms with E-state index in [4.69, 9.17) is 5.73 Å². The molecule has 1 atom stereocenters. The standard InChI is InChI=1S/C24H25NO4S/c1-4-7-14(22(27)13(2)3)10-11-30-18-12-17(26)19-20(21(18)25)24(29)16-9-6-5-8-15(16)23(19)28/h5-6,8-9,12,14,26H,2,4,7,10-11,25H2,1,3H3. The van der Waals surface area contributed by atoms with E-state index in [2.05, 4.69) is 6.58 Å². The van der Waals surface area contributed by atoms with Gasteiger partial charge in [0.05, 0.1) is 16.8 Å². The molecule has 0 amide bonds. The molecule has 30 heavy (non-hydrogen) atoms. The minimum atomic E-state index is -0.406. The Balaban J connectivity index is 1.88. The molecule has 1 aliphatic carbocycles. The summed E-state index contributed by atoms with van der Waals surface area (Å²) in [5.74, 6) is -0.478. The van der Waals surface area contributed by atoms with Crippen molar-refractivity contribution in [2.45, 2.75) is 38.0 Å². The number of allylic oxidation sites excluding steroid dienone is 1. The van der Waals surface area contributed by atoms with Crippen molar-refractivity contribution in [2.24, 2.45) is 5.92 Å². The quantitative estimate of drug-likeness (QED) is 0.234. The fraction of sp³-hybridized carbons (Fsp3) is 0.292. The van der Waals surface area contributed by atoms with E-state index in [1.165, 1.54) is 17.8 Å². The van der Waals surface area contributed by atoms with Crippen LogP contribution in [0, 0.1) is 5.92 Å². The second-order valence-electron chi connectivity index (χ2n) is 7.53. The van der Waals surface area contributed by atoms with E-state index in [-0.39, 0.29) is 45.6 Å². The third-order valence-corrected chi connectivity index (χ3v) is 6.42. The molecule has 5 nitrogen and oxygen atoms in total. The summed E-state index contributed by atoms with van der Waals surface area (Å²) in [5.41, 5.74) is 7.60. The molecule has 0 aliphatic heterocycles. The Bertz CT molecular complexity index is 1060. The van der Waals surface area contributed by atoms with Crippen LogP contribution >= 0.6 is 11.8 Å². The molecular weight excluding hydrogens is 398 g/mol. The number of nitrogen functional groups attached to an aromatic ring is 1. The summed E-state index contributed by atoms with van der Waals surface area (Å²) in [6, 6.07) is 7.97. The van der Waals surface area contributed by atoms with Crippen LogP contribution in [0.4, 0.5) is 5.69 Å². The number of Topliss-reactive ketones (excluding diaryl/α,β-unsaturated/α-hetero) is 1. The second-order valence-corrected chi connectivity index (χ2v) is 8.67. The predicted octanol–water partition coefficient (Wildman–Crippen LogP) is 4.79. The smallest absolute Gasteiger partial charge is 0.198 e. The van der Waals surface area contributed by atoms with Gasteiger partial charge in [-0.05, 0) is 37.2 Å². The van der Waals surface area contributed by atoms with Gasteiger partial charge in [-0.15, -0.1) is 11.8 Å². The number of hydrogen-bond acceptors (Lipinski definition) is 6. The van der Waals surface area contributed by atoms with Crippen LogP contribution in [0.1, 0.15) is 65.0 Å². The van der Waals surface area contributed by atoms with Crippen molar-refractivity contribution in [3.05, 3.63) is 64.7 Å². The molecule has 3 rings (SSSR count). The van der Waals surface area contributed by atoms with Crippen LogP contribution in [0.5, 0.6) is 5.75 Å². The van der Waals surface area contributed by atoms with Crippen LogP contribution in [0.25, 0.3) is 0 Å². The molecular formula is C24H25NO4S. The van der Waals surface area contributed by atoms with Crippen molar-refractivity contribution >= 4 is 34.8 Å². The number of carbonyl (C=O) groups excluding carboxylic acids is 3. The van der Waals surface area contributed by atoms with Gasteiger partial charge in [0.15, 0.2) is 17.3 Å². The Kier molecular flexibility index (Phi) is 6.46. The van der Waals surface area contributed by atoms with Crippen LogP contribution < -0.4 is 5.73 Å². The summed E-state index contributed by atoms with van der Waals surface area (Å²) in [6.07, 6.45) is 2.31. The second kappa shape index (κ2) is 8.88. The molecule has 0 aromatic heterocycles. The van der Waals surface area contributed by atoms with Crippen molar-refractivity contribution in [3.8, 4) is 5.75 Å². The first-order valence-electron chi connectivity index (χ1n) is 9.94. The van der Waals surface area contributed by atoms with E-state index >= 15 is 0 Å². The molecule has 0 saturated carbocycles.